The first-order valence-corrected chi connectivity index (χ1v) is 7.11. The van der Waals surface area contributed by atoms with Crippen LogP contribution >= 0.6 is 0 Å². The van der Waals surface area contributed by atoms with Gasteiger partial charge in [0.1, 0.15) is 5.75 Å². The molecule has 0 bridgehead atoms. The molecule has 132 valence electrons. The third-order valence-electron chi connectivity index (χ3n) is 3.07. The molecule has 0 spiro atoms. The van der Waals surface area contributed by atoms with Gasteiger partial charge in [0, 0.05) is 6.07 Å². The van der Waals surface area contributed by atoms with Crippen molar-refractivity contribution in [2.75, 3.05) is 5.32 Å². The van der Waals surface area contributed by atoms with Crippen LogP contribution in [0, 0.1) is 27.6 Å². The molecule has 2 aromatic carbocycles. The molecule has 0 atom stereocenters. The van der Waals surface area contributed by atoms with Crippen LogP contribution in [0.25, 0.3) is 0 Å². The van der Waals surface area contributed by atoms with Gasteiger partial charge in [-0.05, 0) is 26.0 Å². The summed E-state index contributed by atoms with van der Waals surface area (Å²) in [5.74, 6) is -6.79. The Morgan fingerprint density at radius 1 is 1.16 bits per heavy atom. The molecule has 0 aliphatic rings. The predicted molar refractivity (Wildman–Crippen MR) is 83.1 cm³/mol. The summed E-state index contributed by atoms with van der Waals surface area (Å²) in [4.78, 5) is 21.7. The maximum atomic E-state index is 13.8. The molecule has 25 heavy (non-hydrogen) atoms. The first kappa shape index (κ1) is 18.2. The smallest absolute Gasteiger partial charge is 0.308 e. The van der Waals surface area contributed by atoms with Gasteiger partial charge in [-0.1, -0.05) is 12.1 Å². The Kier molecular flexibility index (Phi) is 5.26. The minimum Gasteiger partial charge on any atom is -0.489 e. The van der Waals surface area contributed by atoms with Crippen LogP contribution in [-0.2, 0) is 0 Å². The third-order valence-corrected chi connectivity index (χ3v) is 3.07. The number of carbonyl (C=O) groups excluding carboxylic acids is 1. The van der Waals surface area contributed by atoms with E-state index in [4.69, 9.17) is 4.74 Å². The van der Waals surface area contributed by atoms with Gasteiger partial charge in [0.25, 0.3) is 5.91 Å². The summed E-state index contributed by atoms with van der Waals surface area (Å²) in [6.07, 6.45) is -0.223. The normalized spacial score (nSPS) is 10.6. The van der Waals surface area contributed by atoms with Gasteiger partial charge in [0.15, 0.2) is 5.82 Å². The first-order chi connectivity index (χ1) is 11.7. The third kappa shape index (κ3) is 3.87. The van der Waals surface area contributed by atoms with Gasteiger partial charge >= 0.3 is 5.69 Å². The summed E-state index contributed by atoms with van der Waals surface area (Å²) in [7, 11) is 0. The second-order valence-corrected chi connectivity index (χ2v) is 5.26. The van der Waals surface area contributed by atoms with Crippen LogP contribution in [0.3, 0.4) is 0 Å². The monoisotopic (exact) mass is 354 g/mol. The first-order valence-electron chi connectivity index (χ1n) is 7.11. The number of amides is 1. The Bertz CT molecular complexity index is 840. The lowest BCUT2D eigenvalue weighted by Gasteiger charge is -2.15. The minimum absolute atomic E-state index is 0.146. The number of hydrogen-bond acceptors (Lipinski definition) is 4. The molecule has 0 saturated carbocycles. The van der Waals surface area contributed by atoms with Crippen molar-refractivity contribution >= 4 is 17.3 Å². The highest BCUT2D eigenvalue weighted by Gasteiger charge is 2.28. The van der Waals surface area contributed by atoms with E-state index in [0.717, 1.165) is 0 Å². The second kappa shape index (κ2) is 7.20. The number of nitro benzene ring substituents is 1. The van der Waals surface area contributed by atoms with Gasteiger partial charge < -0.3 is 10.1 Å². The number of nitro groups is 1. The van der Waals surface area contributed by atoms with Crippen LogP contribution in [0.5, 0.6) is 5.75 Å². The summed E-state index contributed by atoms with van der Waals surface area (Å²) in [6, 6.07) is 6.53. The number of nitrogens with zero attached hydrogens (tertiary/aromatic N) is 1. The summed E-state index contributed by atoms with van der Waals surface area (Å²) >= 11 is 0. The molecule has 1 N–H and O–H groups in total. The zero-order valence-corrected chi connectivity index (χ0v) is 13.2. The molecule has 0 heterocycles. The quantitative estimate of drug-likeness (QED) is 0.499. The Labute approximate surface area is 140 Å². The average Bonchev–Trinajstić information content (AvgIpc) is 2.53. The zero-order valence-electron chi connectivity index (χ0n) is 13.2. The number of carbonyl (C=O) groups is 1. The molecular weight excluding hydrogens is 341 g/mol. The molecule has 2 aromatic rings. The Balaban J connectivity index is 2.42. The molecule has 9 heteroatoms. The number of para-hydroxylation sites is 2. The van der Waals surface area contributed by atoms with Crippen molar-refractivity contribution in [1.29, 1.82) is 0 Å². The largest absolute Gasteiger partial charge is 0.489 e. The number of rotatable bonds is 5. The van der Waals surface area contributed by atoms with Gasteiger partial charge in [0.2, 0.25) is 11.6 Å². The SMILES string of the molecule is CC(C)Oc1ccccc1NC(=O)c1cc([N+](=O)[O-])c(F)c(F)c1F. The molecular formula is C16H13F3N2O4. The number of ether oxygens (including phenoxy) is 1. The molecule has 0 radical (unpaired) electrons. The van der Waals surface area contributed by atoms with Gasteiger partial charge in [-0.25, -0.2) is 8.78 Å². The van der Waals surface area contributed by atoms with E-state index < -0.39 is 39.5 Å². The molecule has 0 aromatic heterocycles. The fourth-order valence-electron chi connectivity index (χ4n) is 2.00. The summed E-state index contributed by atoms with van der Waals surface area (Å²) in [6.45, 7) is 3.49. The highest BCUT2D eigenvalue weighted by molar-refractivity contribution is 6.05. The Hall–Kier alpha value is -3.10. The molecule has 0 aliphatic heterocycles. The maximum absolute atomic E-state index is 13.8. The topological polar surface area (TPSA) is 81.5 Å². The van der Waals surface area contributed by atoms with Crippen LogP contribution in [-0.4, -0.2) is 16.9 Å². The van der Waals surface area contributed by atoms with E-state index in [-0.39, 0.29) is 17.5 Å². The average molecular weight is 354 g/mol. The fourth-order valence-corrected chi connectivity index (χ4v) is 2.00. The Morgan fingerprint density at radius 3 is 2.40 bits per heavy atom. The number of halogens is 3. The molecule has 6 nitrogen and oxygen atoms in total. The van der Waals surface area contributed by atoms with Gasteiger partial charge in [-0.15, -0.1) is 0 Å². The standard InChI is InChI=1S/C16H13F3N2O4/c1-8(2)25-12-6-4-3-5-10(12)20-16(22)9-7-11(21(23)24)14(18)15(19)13(9)17/h3-8H,1-2H3,(H,20,22). The van der Waals surface area contributed by atoms with E-state index in [0.29, 0.717) is 6.07 Å². The molecule has 1 amide bonds. The fraction of sp³-hybridized carbons (Fsp3) is 0.188. The number of anilines is 1. The van der Waals surface area contributed by atoms with E-state index in [1.807, 2.05) is 0 Å². The minimum atomic E-state index is -2.09. The van der Waals surface area contributed by atoms with E-state index in [2.05, 4.69) is 5.32 Å². The predicted octanol–water partition coefficient (Wildman–Crippen LogP) is 4.05. The van der Waals surface area contributed by atoms with Crippen molar-refractivity contribution in [3.05, 3.63) is 63.5 Å². The lowest BCUT2D eigenvalue weighted by molar-refractivity contribution is -0.387. The summed E-state index contributed by atoms with van der Waals surface area (Å²) in [5.41, 5.74) is -2.19. The lowest BCUT2D eigenvalue weighted by Crippen LogP contribution is -2.17. The summed E-state index contributed by atoms with van der Waals surface area (Å²) < 4.78 is 46.2. The molecule has 0 aliphatic carbocycles. The van der Waals surface area contributed by atoms with Crippen LogP contribution in [0.1, 0.15) is 24.2 Å². The van der Waals surface area contributed by atoms with Crippen molar-refractivity contribution in [3.8, 4) is 5.75 Å². The molecule has 0 saturated heterocycles. The van der Waals surface area contributed by atoms with Crippen molar-refractivity contribution in [3.63, 3.8) is 0 Å². The van der Waals surface area contributed by atoms with Crippen LogP contribution in [0.4, 0.5) is 24.5 Å². The van der Waals surface area contributed by atoms with Crippen molar-refractivity contribution in [2.24, 2.45) is 0 Å². The lowest BCUT2D eigenvalue weighted by atomic mass is 10.1. The van der Waals surface area contributed by atoms with E-state index in [1.165, 1.54) is 6.07 Å². The molecule has 2 rings (SSSR count). The van der Waals surface area contributed by atoms with Crippen LogP contribution in [0.15, 0.2) is 30.3 Å². The number of nitrogens with one attached hydrogen (secondary N) is 1. The van der Waals surface area contributed by atoms with E-state index in [9.17, 15) is 28.1 Å². The number of benzene rings is 2. The number of hydrogen-bond donors (Lipinski definition) is 1. The Morgan fingerprint density at radius 2 is 1.80 bits per heavy atom. The van der Waals surface area contributed by atoms with Gasteiger partial charge in [-0.2, -0.15) is 4.39 Å². The zero-order chi connectivity index (χ0) is 18.7. The van der Waals surface area contributed by atoms with Crippen molar-refractivity contribution < 1.29 is 27.6 Å². The van der Waals surface area contributed by atoms with Crippen LogP contribution < -0.4 is 10.1 Å². The second-order valence-electron chi connectivity index (χ2n) is 5.26. The highest BCUT2D eigenvalue weighted by Crippen LogP contribution is 2.28. The molecule has 0 unspecified atom stereocenters. The van der Waals surface area contributed by atoms with E-state index in [1.54, 1.807) is 32.0 Å². The van der Waals surface area contributed by atoms with E-state index >= 15 is 0 Å². The summed E-state index contributed by atoms with van der Waals surface area (Å²) in [5, 5.41) is 13.0. The van der Waals surface area contributed by atoms with Crippen LogP contribution in [0.2, 0.25) is 0 Å². The van der Waals surface area contributed by atoms with Gasteiger partial charge in [0.05, 0.1) is 22.3 Å². The molecule has 0 fully saturated rings. The maximum Gasteiger partial charge on any atom is 0.308 e. The van der Waals surface area contributed by atoms with Crippen molar-refractivity contribution in [1.82, 2.24) is 0 Å². The van der Waals surface area contributed by atoms with Gasteiger partial charge in [-0.3, -0.25) is 14.9 Å². The van der Waals surface area contributed by atoms with Crippen molar-refractivity contribution in [2.45, 2.75) is 20.0 Å². The highest BCUT2D eigenvalue weighted by atomic mass is 19.2.